The molecule has 2 rings (SSSR count). The van der Waals surface area contributed by atoms with E-state index in [1.54, 1.807) is 6.07 Å². The number of phenolic OH excluding ortho intramolecular Hbond substituents is 1. The van der Waals surface area contributed by atoms with Crippen LogP contribution in [0.5, 0.6) is 5.75 Å². The van der Waals surface area contributed by atoms with Gasteiger partial charge in [0.05, 0.1) is 0 Å². The van der Waals surface area contributed by atoms with Gasteiger partial charge in [-0.1, -0.05) is 42.5 Å². The Balaban J connectivity index is 1.93. The van der Waals surface area contributed by atoms with Gasteiger partial charge in [0.25, 0.3) is 0 Å². The van der Waals surface area contributed by atoms with Crippen LogP contribution < -0.4 is 0 Å². The van der Waals surface area contributed by atoms with Crippen LogP contribution in [-0.4, -0.2) is 5.11 Å². The van der Waals surface area contributed by atoms with E-state index in [4.69, 9.17) is 0 Å². The summed E-state index contributed by atoms with van der Waals surface area (Å²) in [6.45, 7) is 2.15. The summed E-state index contributed by atoms with van der Waals surface area (Å²) < 4.78 is 0. The Morgan fingerprint density at radius 3 is 2.12 bits per heavy atom. The number of hydrogen-bond acceptors (Lipinski definition) is 1. The van der Waals surface area contributed by atoms with Crippen molar-refractivity contribution >= 4 is 0 Å². The maximum absolute atomic E-state index is 9.66. The maximum Gasteiger partial charge on any atom is 0.118 e. The average Bonchev–Trinajstić information content (AvgIpc) is 2.34. The molecule has 0 amide bonds. The second kappa shape index (κ2) is 5.53. The molecule has 17 heavy (non-hydrogen) atoms. The number of aromatic hydroxyl groups is 1. The van der Waals surface area contributed by atoms with Gasteiger partial charge in [0.15, 0.2) is 0 Å². The van der Waals surface area contributed by atoms with Gasteiger partial charge in [0.2, 0.25) is 0 Å². The fourth-order valence-electron chi connectivity index (χ4n) is 2.08. The molecule has 1 heteroatoms. The van der Waals surface area contributed by atoms with Gasteiger partial charge in [-0.2, -0.15) is 0 Å². The number of rotatable bonds is 4. The van der Waals surface area contributed by atoms with Crippen molar-refractivity contribution in [3.8, 4) is 5.75 Å². The number of phenols is 1. The molecule has 0 radical (unpaired) electrons. The molecule has 0 aliphatic rings. The van der Waals surface area contributed by atoms with E-state index in [-0.39, 0.29) is 0 Å². The van der Waals surface area contributed by atoms with E-state index in [1.165, 1.54) is 11.1 Å². The van der Waals surface area contributed by atoms with E-state index in [2.05, 4.69) is 31.2 Å². The SMILES string of the molecule is Cc1ccccc1CCCc1ccccc1O. The van der Waals surface area contributed by atoms with Gasteiger partial charge >= 0.3 is 0 Å². The van der Waals surface area contributed by atoms with Crippen LogP contribution in [0.4, 0.5) is 0 Å². The van der Waals surface area contributed by atoms with Crippen molar-refractivity contribution in [1.82, 2.24) is 0 Å². The predicted molar refractivity (Wildman–Crippen MR) is 71.3 cm³/mol. The molecule has 1 nitrogen and oxygen atoms in total. The van der Waals surface area contributed by atoms with Crippen molar-refractivity contribution in [2.45, 2.75) is 26.2 Å². The monoisotopic (exact) mass is 226 g/mol. The van der Waals surface area contributed by atoms with E-state index < -0.39 is 0 Å². The molecule has 0 heterocycles. The van der Waals surface area contributed by atoms with Gasteiger partial charge in [0.1, 0.15) is 5.75 Å². The molecule has 2 aromatic rings. The van der Waals surface area contributed by atoms with E-state index >= 15 is 0 Å². The van der Waals surface area contributed by atoms with Gasteiger partial charge in [-0.15, -0.1) is 0 Å². The van der Waals surface area contributed by atoms with Crippen LogP contribution in [0.3, 0.4) is 0 Å². The standard InChI is InChI=1S/C16H18O/c1-13-7-2-3-8-14(13)10-6-11-15-9-4-5-12-16(15)17/h2-5,7-9,12,17H,6,10-11H2,1H3. The second-order valence-corrected chi connectivity index (χ2v) is 4.41. The van der Waals surface area contributed by atoms with E-state index in [9.17, 15) is 5.11 Å². The number of para-hydroxylation sites is 1. The van der Waals surface area contributed by atoms with Crippen LogP contribution >= 0.6 is 0 Å². The molecule has 0 aromatic heterocycles. The van der Waals surface area contributed by atoms with E-state index in [0.717, 1.165) is 24.8 Å². The lowest BCUT2D eigenvalue weighted by Gasteiger charge is -2.06. The molecule has 88 valence electrons. The Hall–Kier alpha value is -1.76. The Kier molecular flexibility index (Phi) is 3.81. The predicted octanol–water partition coefficient (Wildman–Crippen LogP) is 3.88. The van der Waals surface area contributed by atoms with Crippen molar-refractivity contribution in [3.63, 3.8) is 0 Å². The summed E-state index contributed by atoms with van der Waals surface area (Å²) in [6, 6.07) is 16.1. The normalized spacial score (nSPS) is 10.4. The number of aryl methyl sites for hydroxylation is 3. The fourth-order valence-corrected chi connectivity index (χ4v) is 2.08. The highest BCUT2D eigenvalue weighted by molar-refractivity contribution is 5.32. The minimum atomic E-state index is 0.414. The Labute approximate surface area is 103 Å². The number of hydrogen-bond donors (Lipinski definition) is 1. The third-order valence-corrected chi connectivity index (χ3v) is 3.15. The van der Waals surface area contributed by atoms with Crippen molar-refractivity contribution < 1.29 is 5.11 Å². The molecule has 0 unspecified atom stereocenters. The third-order valence-electron chi connectivity index (χ3n) is 3.15. The van der Waals surface area contributed by atoms with Crippen LogP contribution in [0.1, 0.15) is 23.1 Å². The first-order valence-corrected chi connectivity index (χ1v) is 6.09. The van der Waals surface area contributed by atoms with Crippen molar-refractivity contribution in [2.24, 2.45) is 0 Å². The summed E-state index contributed by atoms with van der Waals surface area (Å²) in [5.41, 5.74) is 3.80. The Bertz CT molecular complexity index is 443. The molecule has 1 N–H and O–H groups in total. The summed E-state index contributed by atoms with van der Waals surface area (Å²) in [6.07, 6.45) is 3.07. The molecule has 0 fully saturated rings. The number of benzene rings is 2. The summed E-state index contributed by atoms with van der Waals surface area (Å²) in [7, 11) is 0. The lowest BCUT2D eigenvalue weighted by molar-refractivity contribution is 0.467. The molecule has 0 aliphatic heterocycles. The van der Waals surface area contributed by atoms with E-state index in [1.807, 2.05) is 18.2 Å². The fraction of sp³-hybridized carbons (Fsp3) is 0.250. The molecule has 0 spiro atoms. The Morgan fingerprint density at radius 2 is 1.41 bits per heavy atom. The highest BCUT2D eigenvalue weighted by Gasteiger charge is 2.01. The van der Waals surface area contributed by atoms with Crippen LogP contribution in [0.25, 0.3) is 0 Å². The first kappa shape index (κ1) is 11.7. The van der Waals surface area contributed by atoms with Crippen LogP contribution in [-0.2, 0) is 12.8 Å². The zero-order valence-corrected chi connectivity index (χ0v) is 10.2. The maximum atomic E-state index is 9.66. The molecular weight excluding hydrogens is 208 g/mol. The van der Waals surface area contributed by atoms with Crippen molar-refractivity contribution in [1.29, 1.82) is 0 Å². The summed E-state index contributed by atoms with van der Waals surface area (Å²) >= 11 is 0. The highest BCUT2D eigenvalue weighted by atomic mass is 16.3. The average molecular weight is 226 g/mol. The Morgan fingerprint density at radius 1 is 0.824 bits per heavy atom. The molecular formula is C16H18O. The van der Waals surface area contributed by atoms with Gasteiger partial charge in [0, 0.05) is 0 Å². The topological polar surface area (TPSA) is 20.2 Å². The van der Waals surface area contributed by atoms with Crippen LogP contribution in [0.15, 0.2) is 48.5 Å². The van der Waals surface area contributed by atoms with Crippen molar-refractivity contribution in [2.75, 3.05) is 0 Å². The smallest absolute Gasteiger partial charge is 0.118 e. The van der Waals surface area contributed by atoms with E-state index in [0.29, 0.717) is 5.75 Å². The largest absolute Gasteiger partial charge is 0.508 e. The van der Waals surface area contributed by atoms with Crippen LogP contribution in [0.2, 0.25) is 0 Å². The lowest BCUT2D eigenvalue weighted by Crippen LogP contribution is -1.92. The van der Waals surface area contributed by atoms with Gasteiger partial charge in [-0.3, -0.25) is 0 Å². The minimum absolute atomic E-state index is 0.414. The zero-order chi connectivity index (χ0) is 12.1. The molecule has 0 bridgehead atoms. The molecule has 0 aliphatic carbocycles. The summed E-state index contributed by atoms with van der Waals surface area (Å²) in [5.74, 6) is 0.414. The quantitative estimate of drug-likeness (QED) is 0.839. The minimum Gasteiger partial charge on any atom is -0.508 e. The van der Waals surface area contributed by atoms with Crippen LogP contribution in [0, 0.1) is 6.92 Å². The molecule has 0 saturated heterocycles. The van der Waals surface area contributed by atoms with Gasteiger partial charge in [-0.05, 0) is 48.9 Å². The second-order valence-electron chi connectivity index (χ2n) is 4.41. The molecule has 0 atom stereocenters. The van der Waals surface area contributed by atoms with Crippen molar-refractivity contribution in [3.05, 3.63) is 65.2 Å². The third kappa shape index (κ3) is 3.10. The summed E-state index contributed by atoms with van der Waals surface area (Å²) in [5, 5.41) is 9.66. The highest BCUT2D eigenvalue weighted by Crippen LogP contribution is 2.19. The first-order chi connectivity index (χ1) is 8.27. The molecule has 0 saturated carbocycles. The zero-order valence-electron chi connectivity index (χ0n) is 10.2. The lowest BCUT2D eigenvalue weighted by atomic mass is 10.0. The summed E-state index contributed by atoms with van der Waals surface area (Å²) in [4.78, 5) is 0. The molecule has 2 aromatic carbocycles. The first-order valence-electron chi connectivity index (χ1n) is 6.09. The van der Waals surface area contributed by atoms with Gasteiger partial charge < -0.3 is 5.11 Å². The van der Waals surface area contributed by atoms with Gasteiger partial charge in [-0.25, -0.2) is 0 Å².